The maximum absolute atomic E-state index is 11.9. The van der Waals surface area contributed by atoms with Crippen molar-refractivity contribution in [3.05, 3.63) is 60.2 Å². The Morgan fingerprint density at radius 3 is 2.35 bits per heavy atom. The fourth-order valence-corrected chi connectivity index (χ4v) is 1.84. The van der Waals surface area contributed by atoms with Crippen LogP contribution in [0, 0.1) is 0 Å². The molecule has 2 aromatic rings. The second kappa shape index (κ2) is 8.43. The Kier molecular flexibility index (Phi) is 5.99. The predicted molar refractivity (Wildman–Crippen MR) is 85.8 cm³/mol. The van der Waals surface area contributed by atoms with Crippen LogP contribution in [0.4, 0.5) is 4.79 Å². The quantitative estimate of drug-likeness (QED) is 0.802. The molecule has 0 heterocycles. The van der Waals surface area contributed by atoms with Crippen LogP contribution in [0.15, 0.2) is 54.6 Å². The first kappa shape index (κ1) is 16.4. The third kappa shape index (κ3) is 5.35. The van der Waals surface area contributed by atoms with Crippen LogP contribution >= 0.6 is 0 Å². The first-order chi connectivity index (χ1) is 11.2. The Morgan fingerprint density at radius 2 is 1.61 bits per heavy atom. The van der Waals surface area contributed by atoms with Gasteiger partial charge in [0.1, 0.15) is 11.5 Å². The predicted octanol–water partition coefficient (Wildman–Crippen LogP) is 2.21. The molecule has 0 aliphatic rings. The van der Waals surface area contributed by atoms with Crippen LogP contribution in [0.1, 0.15) is 10.4 Å². The Bertz CT molecular complexity index is 659. The third-order valence-electron chi connectivity index (χ3n) is 2.97. The number of carbonyl (C=O) groups excluding carboxylic acids is 2. The monoisotopic (exact) mass is 314 g/mol. The van der Waals surface area contributed by atoms with E-state index in [0.717, 1.165) is 0 Å². The van der Waals surface area contributed by atoms with Crippen LogP contribution in [0.25, 0.3) is 0 Å². The van der Waals surface area contributed by atoms with Gasteiger partial charge in [-0.15, -0.1) is 0 Å². The van der Waals surface area contributed by atoms with Crippen molar-refractivity contribution in [3.63, 3.8) is 0 Å². The van der Waals surface area contributed by atoms with E-state index in [1.54, 1.807) is 55.6 Å². The minimum Gasteiger partial charge on any atom is -0.497 e. The van der Waals surface area contributed by atoms with E-state index in [4.69, 9.17) is 9.47 Å². The molecule has 0 aliphatic heterocycles. The van der Waals surface area contributed by atoms with E-state index in [0.29, 0.717) is 23.6 Å². The van der Waals surface area contributed by atoms with Gasteiger partial charge >= 0.3 is 6.09 Å². The van der Waals surface area contributed by atoms with Crippen molar-refractivity contribution in [1.29, 1.82) is 0 Å². The van der Waals surface area contributed by atoms with Crippen LogP contribution in [-0.2, 0) is 0 Å². The molecule has 0 spiro atoms. The van der Waals surface area contributed by atoms with Gasteiger partial charge in [-0.2, -0.15) is 0 Å². The van der Waals surface area contributed by atoms with Crippen molar-refractivity contribution < 1.29 is 19.1 Å². The van der Waals surface area contributed by atoms with Crippen molar-refractivity contribution in [2.45, 2.75) is 0 Å². The minimum absolute atomic E-state index is 0.234. The summed E-state index contributed by atoms with van der Waals surface area (Å²) in [5.41, 5.74) is 0.496. The molecule has 120 valence electrons. The molecular formula is C17H18N2O4. The lowest BCUT2D eigenvalue weighted by molar-refractivity contribution is 0.0953. The first-order valence-corrected chi connectivity index (χ1v) is 7.12. The SMILES string of the molecule is COc1cccc(C(=O)NCCNC(=O)Oc2ccccc2)c1. The summed E-state index contributed by atoms with van der Waals surface area (Å²) in [6.45, 7) is 0.557. The van der Waals surface area contributed by atoms with Gasteiger partial charge in [-0.1, -0.05) is 24.3 Å². The topological polar surface area (TPSA) is 76.7 Å². The van der Waals surface area contributed by atoms with Gasteiger partial charge in [0, 0.05) is 18.7 Å². The van der Waals surface area contributed by atoms with E-state index in [9.17, 15) is 9.59 Å². The normalized spacial score (nSPS) is 9.78. The average Bonchev–Trinajstić information content (AvgIpc) is 2.59. The molecule has 2 aromatic carbocycles. The Balaban J connectivity index is 1.70. The maximum atomic E-state index is 11.9. The van der Waals surface area contributed by atoms with Gasteiger partial charge in [0.05, 0.1) is 7.11 Å². The standard InChI is InChI=1S/C17H18N2O4/c1-22-15-9-5-6-13(12-15)16(20)18-10-11-19-17(21)23-14-7-3-2-4-8-14/h2-9,12H,10-11H2,1H3,(H,18,20)(H,19,21). The van der Waals surface area contributed by atoms with Crippen LogP contribution in [-0.4, -0.2) is 32.2 Å². The molecule has 23 heavy (non-hydrogen) atoms. The summed E-state index contributed by atoms with van der Waals surface area (Å²) in [4.78, 5) is 23.5. The molecule has 0 saturated carbocycles. The second-order valence-electron chi connectivity index (χ2n) is 4.62. The number of hydrogen-bond donors (Lipinski definition) is 2. The number of hydrogen-bond acceptors (Lipinski definition) is 4. The fraction of sp³-hybridized carbons (Fsp3) is 0.176. The number of amides is 2. The van der Waals surface area contributed by atoms with E-state index in [2.05, 4.69) is 10.6 Å². The zero-order valence-corrected chi connectivity index (χ0v) is 12.7. The van der Waals surface area contributed by atoms with Crippen LogP contribution < -0.4 is 20.1 Å². The van der Waals surface area contributed by atoms with Crippen LogP contribution in [0.2, 0.25) is 0 Å². The second-order valence-corrected chi connectivity index (χ2v) is 4.62. The Morgan fingerprint density at radius 1 is 0.913 bits per heavy atom. The highest BCUT2D eigenvalue weighted by Gasteiger charge is 2.07. The lowest BCUT2D eigenvalue weighted by Crippen LogP contribution is -2.36. The van der Waals surface area contributed by atoms with E-state index < -0.39 is 6.09 Å². The van der Waals surface area contributed by atoms with Gasteiger partial charge in [0.25, 0.3) is 5.91 Å². The molecule has 0 saturated heterocycles. The van der Waals surface area contributed by atoms with Gasteiger partial charge < -0.3 is 20.1 Å². The van der Waals surface area contributed by atoms with Gasteiger partial charge in [-0.05, 0) is 30.3 Å². The van der Waals surface area contributed by atoms with Crippen molar-refractivity contribution in [1.82, 2.24) is 10.6 Å². The van der Waals surface area contributed by atoms with Gasteiger partial charge in [-0.3, -0.25) is 4.79 Å². The van der Waals surface area contributed by atoms with Crippen LogP contribution in [0.3, 0.4) is 0 Å². The molecule has 6 heteroatoms. The van der Waals surface area contributed by atoms with Crippen molar-refractivity contribution in [2.24, 2.45) is 0 Å². The highest BCUT2D eigenvalue weighted by atomic mass is 16.6. The largest absolute Gasteiger partial charge is 0.497 e. The molecule has 0 fully saturated rings. The summed E-state index contributed by atoms with van der Waals surface area (Å²) < 4.78 is 10.1. The fourth-order valence-electron chi connectivity index (χ4n) is 1.84. The van der Waals surface area contributed by atoms with Crippen molar-refractivity contribution in [3.8, 4) is 11.5 Å². The summed E-state index contributed by atoms with van der Waals surface area (Å²) in [7, 11) is 1.54. The van der Waals surface area contributed by atoms with Gasteiger partial charge in [0.2, 0.25) is 0 Å². The molecule has 0 aromatic heterocycles. The zero-order chi connectivity index (χ0) is 16.5. The summed E-state index contributed by atoms with van der Waals surface area (Å²) in [6, 6.07) is 15.6. The smallest absolute Gasteiger partial charge is 0.412 e. The van der Waals surface area contributed by atoms with Crippen molar-refractivity contribution >= 4 is 12.0 Å². The number of benzene rings is 2. The first-order valence-electron chi connectivity index (χ1n) is 7.12. The zero-order valence-electron chi connectivity index (χ0n) is 12.7. The highest BCUT2D eigenvalue weighted by molar-refractivity contribution is 5.94. The number of para-hydroxylation sites is 1. The van der Waals surface area contributed by atoms with Crippen LogP contribution in [0.5, 0.6) is 11.5 Å². The van der Waals surface area contributed by atoms with E-state index in [1.807, 2.05) is 6.07 Å². The summed E-state index contributed by atoms with van der Waals surface area (Å²) in [5, 5.41) is 5.26. The molecule has 2 amide bonds. The number of rotatable bonds is 6. The lowest BCUT2D eigenvalue weighted by Gasteiger charge is -2.08. The summed E-state index contributed by atoms with van der Waals surface area (Å²) in [6.07, 6.45) is -0.563. The molecule has 0 unspecified atom stereocenters. The number of ether oxygens (including phenoxy) is 2. The average molecular weight is 314 g/mol. The lowest BCUT2D eigenvalue weighted by atomic mass is 10.2. The third-order valence-corrected chi connectivity index (χ3v) is 2.97. The Labute approximate surface area is 134 Å². The molecule has 0 atom stereocenters. The number of nitrogens with one attached hydrogen (secondary N) is 2. The molecule has 0 bridgehead atoms. The molecule has 0 radical (unpaired) electrons. The summed E-state index contributed by atoms with van der Waals surface area (Å²) >= 11 is 0. The number of methoxy groups -OCH3 is 1. The van der Waals surface area contributed by atoms with E-state index in [1.165, 1.54) is 0 Å². The van der Waals surface area contributed by atoms with Gasteiger partial charge in [-0.25, -0.2) is 4.79 Å². The van der Waals surface area contributed by atoms with E-state index >= 15 is 0 Å². The number of carbonyl (C=O) groups is 2. The van der Waals surface area contributed by atoms with E-state index in [-0.39, 0.29) is 12.5 Å². The van der Waals surface area contributed by atoms with Gasteiger partial charge in [0.15, 0.2) is 0 Å². The summed E-state index contributed by atoms with van der Waals surface area (Å²) in [5.74, 6) is 0.842. The molecular weight excluding hydrogens is 296 g/mol. The minimum atomic E-state index is -0.563. The molecule has 6 nitrogen and oxygen atoms in total. The molecule has 2 rings (SSSR count). The van der Waals surface area contributed by atoms with Crippen molar-refractivity contribution in [2.75, 3.05) is 20.2 Å². The molecule has 2 N–H and O–H groups in total. The molecule has 0 aliphatic carbocycles. The Hall–Kier alpha value is -3.02. The highest BCUT2D eigenvalue weighted by Crippen LogP contribution is 2.12. The maximum Gasteiger partial charge on any atom is 0.412 e.